The van der Waals surface area contributed by atoms with Gasteiger partial charge < -0.3 is 10.5 Å². The monoisotopic (exact) mass is 373 g/mol. The number of benzene rings is 2. The van der Waals surface area contributed by atoms with E-state index in [1.807, 2.05) is 38.1 Å². The van der Waals surface area contributed by atoms with Crippen molar-refractivity contribution in [1.29, 1.82) is 0 Å². The molecule has 2 aromatic rings. The molecule has 1 aliphatic carbocycles. The number of carbonyl (C=O) groups excluding carboxylic acids is 1. The minimum Gasteiger partial charge on any atom is -0.465 e. The van der Waals surface area contributed by atoms with Gasteiger partial charge >= 0.3 is 5.97 Å². The van der Waals surface area contributed by atoms with Crippen LogP contribution in [0.3, 0.4) is 0 Å². The van der Waals surface area contributed by atoms with Crippen LogP contribution in [-0.4, -0.2) is 31.8 Å². The standard InChI is InChI=1S/C20H23NO4S/c1-4-25-19(22)20(21)17(15-9-5-13(2)6-10-15)18(20)26(23,24)16-11-7-14(3)8-12-16/h5-12,17-18H,4,21H2,1-3H3. The molecule has 0 heterocycles. The van der Waals surface area contributed by atoms with E-state index in [1.54, 1.807) is 31.2 Å². The Morgan fingerprint density at radius 1 is 1.04 bits per heavy atom. The summed E-state index contributed by atoms with van der Waals surface area (Å²) < 4.78 is 31.5. The lowest BCUT2D eigenvalue weighted by Gasteiger charge is -2.11. The van der Waals surface area contributed by atoms with E-state index in [2.05, 4.69) is 0 Å². The van der Waals surface area contributed by atoms with Crippen LogP contribution in [0.15, 0.2) is 53.4 Å². The third kappa shape index (κ3) is 2.93. The molecule has 1 saturated carbocycles. The van der Waals surface area contributed by atoms with Gasteiger partial charge in [-0.15, -0.1) is 0 Å². The molecule has 26 heavy (non-hydrogen) atoms. The van der Waals surface area contributed by atoms with Crippen LogP contribution in [0.2, 0.25) is 0 Å². The Bertz CT molecular complexity index is 919. The molecule has 0 spiro atoms. The van der Waals surface area contributed by atoms with Crippen molar-refractivity contribution in [3.05, 3.63) is 65.2 Å². The van der Waals surface area contributed by atoms with Crippen LogP contribution in [0.25, 0.3) is 0 Å². The van der Waals surface area contributed by atoms with Crippen LogP contribution in [0.1, 0.15) is 29.5 Å². The maximum absolute atomic E-state index is 13.2. The summed E-state index contributed by atoms with van der Waals surface area (Å²) in [5, 5.41) is -1.04. The van der Waals surface area contributed by atoms with E-state index in [-0.39, 0.29) is 11.5 Å². The van der Waals surface area contributed by atoms with Crippen molar-refractivity contribution in [2.45, 2.75) is 42.4 Å². The van der Waals surface area contributed by atoms with Crippen molar-refractivity contribution in [2.24, 2.45) is 5.73 Å². The van der Waals surface area contributed by atoms with E-state index in [0.717, 1.165) is 16.7 Å². The molecule has 1 aliphatic rings. The lowest BCUT2D eigenvalue weighted by Crippen LogP contribution is -2.41. The summed E-state index contributed by atoms with van der Waals surface area (Å²) in [7, 11) is -3.79. The molecular formula is C20H23NO4S. The number of rotatable bonds is 5. The summed E-state index contributed by atoms with van der Waals surface area (Å²) in [6.45, 7) is 5.65. The maximum Gasteiger partial charge on any atom is 0.328 e. The smallest absolute Gasteiger partial charge is 0.328 e. The van der Waals surface area contributed by atoms with E-state index >= 15 is 0 Å². The maximum atomic E-state index is 13.2. The molecule has 3 unspecified atom stereocenters. The first-order chi connectivity index (χ1) is 12.2. The highest BCUT2D eigenvalue weighted by Crippen LogP contribution is 2.56. The van der Waals surface area contributed by atoms with Crippen molar-refractivity contribution in [3.63, 3.8) is 0 Å². The molecule has 0 aliphatic heterocycles. The minimum absolute atomic E-state index is 0.149. The van der Waals surface area contributed by atoms with Gasteiger partial charge in [0.2, 0.25) is 0 Å². The predicted molar refractivity (Wildman–Crippen MR) is 99.6 cm³/mol. The average Bonchev–Trinajstić information content (AvgIpc) is 3.25. The topological polar surface area (TPSA) is 86.5 Å². The Morgan fingerprint density at radius 2 is 1.54 bits per heavy atom. The average molecular weight is 373 g/mol. The molecule has 138 valence electrons. The number of hydrogen-bond donors (Lipinski definition) is 1. The van der Waals surface area contributed by atoms with Crippen LogP contribution in [0.5, 0.6) is 0 Å². The number of nitrogens with two attached hydrogens (primary N) is 1. The lowest BCUT2D eigenvalue weighted by molar-refractivity contribution is -0.145. The highest BCUT2D eigenvalue weighted by Gasteiger charge is 2.74. The normalized spacial score (nSPS) is 24.9. The third-order valence-corrected chi connectivity index (χ3v) is 7.19. The van der Waals surface area contributed by atoms with Crippen LogP contribution in [0, 0.1) is 13.8 Å². The number of carbonyl (C=O) groups is 1. The Kier molecular flexibility index (Phi) is 4.67. The Balaban J connectivity index is 2.06. The van der Waals surface area contributed by atoms with Gasteiger partial charge in [-0.1, -0.05) is 47.5 Å². The number of ether oxygens (including phenoxy) is 1. The second-order valence-electron chi connectivity index (χ2n) is 6.82. The van der Waals surface area contributed by atoms with Crippen LogP contribution < -0.4 is 5.73 Å². The van der Waals surface area contributed by atoms with Crippen LogP contribution in [0.4, 0.5) is 0 Å². The molecule has 6 heteroatoms. The van der Waals surface area contributed by atoms with Gasteiger partial charge in [-0.25, -0.2) is 13.2 Å². The van der Waals surface area contributed by atoms with Gasteiger partial charge in [-0.2, -0.15) is 0 Å². The second-order valence-corrected chi connectivity index (χ2v) is 8.89. The van der Waals surface area contributed by atoms with E-state index in [0.29, 0.717) is 0 Å². The fourth-order valence-electron chi connectivity index (χ4n) is 3.41. The van der Waals surface area contributed by atoms with Crippen molar-refractivity contribution in [2.75, 3.05) is 6.61 Å². The van der Waals surface area contributed by atoms with Crippen LogP contribution >= 0.6 is 0 Å². The minimum atomic E-state index is -3.79. The largest absolute Gasteiger partial charge is 0.465 e. The summed E-state index contributed by atoms with van der Waals surface area (Å²) >= 11 is 0. The Labute approximate surface area is 154 Å². The Morgan fingerprint density at radius 3 is 2.04 bits per heavy atom. The van der Waals surface area contributed by atoms with Crippen molar-refractivity contribution < 1.29 is 17.9 Å². The zero-order valence-electron chi connectivity index (χ0n) is 15.1. The molecular weight excluding hydrogens is 350 g/mol. The number of aryl methyl sites for hydroxylation is 2. The molecule has 1 fully saturated rings. The summed E-state index contributed by atoms with van der Waals surface area (Å²) in [5.41, 5.74) is 7.49. The van der Waals surface area contributed by atoms with Crippen molar-refractivity contribution >= 4 is 15.8 Å². The number of hydrogen-bond acceptors (Lipinski definition) is 5. The summed E-state index contributed by atoms with van der Waals surface area (Å²) in [6, 6.07) is 14.0. The van der Waals surface area contributed by atoms with Gasteiger partial charge in [0, 0.05) is 5.92 Å². The molecule has 0 radical (unpaired) electrons. The molecule has 0 amide bonds. The quantitative estimate of drug-likeness (QED) is 0.814. The zero-order chi connectivity index (χ0) is 19.1. The number of sulfone groups is 1. The SMILES string of the molecule is CCOC(=O)C1(N)C(c2ccc(C)cc2)C1S(=O)(=O)c1ccc(C)cc1. The van der Waals surface area contributed by atoms with Gasteiger partial charge in [0.15, 0.2) is 9.84 Å². The highest BCUT2D eigenvalue weighted by atomic mass is 32.2. The second kappa shape index (κ2) is 6.52. The summed E-state index contributed by atoms with van der Waals surface area (Å²) in [6.07, 6.45) is 0. The first-order valence-corrected chi connectivity index (χ1v) is 10.1. The fraction of sp³-hybridized carbons (Fsp3) is 0.350. The van der Waals surface area contributed by atoms with Crippen LogP contribution in [-0.2, 0) is 19.4 Å². The molecule has 0 saturated heterocycles. The summed E-state index contributed by atoms with van der Waals surface area (Å²) in [4.78, 5) is 12.7. The first-order valence-electron chi connectivity index (χ1n) is 8.56. The van der Waals surface area contributed by atoms with E-state index in [9.17, 15) is 13.2 Å². The molecule has 5 nitrogen and oxygen atoms in total. The van der Waals surface area contributed by atoms with Gasteiger partial charge in [0.05, 0.1) is 11.5 Å². The number of esters is 1. The van der Waals surface area contributed by atoms with Gasteiger partial charge in [0.25, 0.3) is 0 Å². The van der Waals surface area contributed by atoms with E-state index < -0.39 is 32.5 Å². The summed E-state index contributed by atoms with van der Waals surface area (Å²) in [5.74, 6) is -1.31. The highest BCUT2D eigenvalue weighted by molar-refractivity contribution is 7.92. The van der Waals surface area contributed by atoms with E-state index in [1.165, 1.54) is 0 Å². The fourth-order valence-corrected chi connectivity index (χ4v) is 5.64. The van der Waals surface area contributed by atoms with E-state index in [4.69, 9.17) is 10.5 Å². The van der Waals surface area contributed by atoms with Gasteiger partial charge in [-0.3, -0.25) is 0 Å². The zero-order valence-corrected chi connectivity index (χ0v) is 15.9. The third-order valence-electron chi connectivity index (χ3n) is 4.93. The predicted octanol–water partition coefficient (Wildman–Crippen LogP) is 2.50. The van der Waals surface area contributed by atoms with Gasteiger partial charge in [0.1, 0.15) is 10.8 Å². The molecule has 2 aromatic carbocycles. The molecule has 2 N–H and O–H groups in total. The lowest BCUT2D eigenvalue weighted by atomic mass is 10.1. The Hall–Kier alpha value is -2.18. The molecule has 3 atom stereocenters. The van der Waals surface area contributed by atoms with Crippen molar-refractivity contribution in [3.8, 4) is 0 Å². The van der Waals surface area contributed by atoms with Crippen molar-refractivity contribution in [1.82, 2.24) is 0 Å². The molecule has 3 rings (SSSR count). The molecule has 0 aromatic heterocycles. The first kappa shape index (κ1) is 18.6. The van der Waals surface area contributed by atoms with Gasteiger partial charge in [-0.05, 0) is 38.5 Å². The molecule has 0 bridgehead atoms.